The first-order valence-corrected chi connectivity index (χ1v) is 8.93. The van der Waals surface area contributed by atoms with Crippen molar-refractivity contribution >= 4 is 40.4 Å². The summed E-state index contributed by atoms with van der Waals surface area (Å²) in [4.78, 5) is 33.0. The number of hydrogen-bond acceptors (Lipinski definition) is 5. The molecule has 0 bridgehead atoms. The van der Waals surface area contributed by atoms with Gasteiger partial charge in [-0.15, -0.1) is 11.3 Å². The second-order valence-corrected chi connectivity index (χ2v) is 7.52. The summed E-state index contributed by atoms with van der Waals surface area (Å²) in [6.07, 6.45) is 1.82. The van der Waals surface area contributed by atoms with Crippen molar-refractivity contribution < 1.29 is 9.59 Å². The molecule has 8 heteroatoms. The number of carbonyl (C=O) groups excluding carboxylic acids is 2. The Bertz CT molecular complexity index is 750. The Morgan fingerprint density at radius 1 is 1.24 bits per heavy atom. The highest BCUT2D eigenvalue weighted by Gasteiger charge is 2.16. The van der Waals surface area contributed by atoms with Crippen LogP contribution in [-0.2, 0) is 16.1 Å². The van der Waals surface area contributed by atoms with Crippen molar-refractivity contribution in [3.63, 3.8) is 0 Å². The molecule has 0 aliphatic heterocycles. The van der Waals surface area contributed by atoms with Crippen LogP contribution in [0.25, 0.3) is 0 Å². The molecule has 0 aliphatic rings. The average molecular weight is 381 g/mol. The van der Waals surface area contributed by atoms with Gasteiger partial charge in [0, 0.05) is 24.7 Å². The van der Waals surface area contributed by atoms with Gasteiger partial charge in [-0.3, -0.25) is 14.5 Å². The third-order valence-electron chi connectivity index (χ3n) is 3.45. The van der Waals surface area contributed by atoms with E-state index in [1.54, 1.807) is 42.6 Å². The van der Waals surface area contributed by atoms with Gasteiger partial charge in [-0.25, -0.2) is 4.98 Å². The first-order valence-electron chi connectivity index (χ1n) is 7.73. The number of rotatable bonds is 7. The van der Waals surface area contributed by atoms with Crippen LogP contribution in [0.5, 0.6) is 0 Å². The van der Waals surface area contributed by atoms with Crippen LogP contribution in [0.2, 0.25) is 5.02 Å². The monoisotopic (exact) mass is 380 g/mol. The van der Waals surface area contributed by atoms with Crippen molar-refractivity contribution in [2.45, 2.75) is 13.5 Å². The SMILES string of the molecule is Cc1ncc(CN(C)CC(=O)N(C)CC(=O)Nc2ccccc2Cl)s1. The highest BCUT2D eigenvalue weighted by molar-refractivity contribution is 7.11. The third-order valence-corrected chi connectivity index (χ3v) is 4.68. The number of nitrogens with one attached hydrogen (secondary N) is 1. The molecule has 0 fully saturated rings. The fraction of sp³-hybridized carbons (Fsp3) is 0.353. The zero-order valence-corrected chi connectivity index (χ0v) is 16.0. The zero-order chi connectivity index (χ0) is 18.4. The van der Waals surface area contributed by atoms with E-state index in [1.165, 1.54) is 4.90 Å². The number of likely N-dealkylation sites (N-methyl/N-ethyl adjacent to an activating group) is 2. The van der Waals surface area contributed by atoms with Crippen LogP contribution in [-0.4, -0.2) is 53.8 Å². The molecule has 2 aromatic rings. The largest absolute Gasteiger partial charge is 0.335 e. The molecule has 0 saturated carbocycles. The standard InChI is InChI=1S/C17H21ClN4O2S/c1-12-19-8-13(25-12)9-21(2)11-17(24)22(3)10-16(23)20-15-7-5-4-6-14(15)18/h4-8H,9-11H2,1-3H3,(H,20,23). The minimum Gasteiger partial charge on any atom is -0.335 e. The smallest absolute Gasteiger partial charge is 0.244 e. The van der Waals surface area contributed by atoms with Crippen molar-refractivity contribution in [3.8, 4) is 0 Å². The van der Waals surface area contributed by atoms with E-state index >= 15 is 0 Å². The number of amides is 2. The number of aromatic nitrogens is 1. The fourth-order valence-electron chi connectivity index (χ4n) is 2.21. The summed E-state index contributed by atoms with van der Waals surface area (Å²) in [6.45, 7) is 2.80. The molecule has 2 amide bonds. The number of para-hydroxylation sites is 1. The second-order valence-electron chi connectivity index (χ2n) is 5.80. The lowest BCUT2D eigenvalue weighted by molar-refractivity contribution is -0.134. The summed E-state index contributed by atoms with van der Waals surface area (Å²) in [7, 11) is 3.48. The van der Waals surface area contributed by atoms with E-state index in [-0.39, 0.29) is 24.9 Å². The molecule has 6 nitrogen and oxygen atoms in total. The predicted molar refractivity (Wildman–Crippen MR) is 101 cm³/mol. The second kappa shape index (κ2) is 8.94. The normalized spacial score (nSPS) is 10.8. The van der Waals surface area contributed by atoms with E-state index in [2.05, 4.69) is 10.3 Å². The van der Waals surface area contributed by atoms with E-state index in [9.17, 15) is 9.59 Å². The lowest BCUT2D eigenvalue weighted by Gasteiger charge is -2.21. The van der Waals surface area contributed by atoms with Gasteiger partial charge in [0.1, 0.15) is 0 Å². The minimum atomic E-state index is -0.287. The molecule has 0 aliphatic carbocycles. The van der Waals surface area contributed by atoms with Crippen LogP contribution in [0, 0.1) is 6.92 Å². The van der Waals surface area contributed by atoms with Crippen LogP contribution in [0.3, 0.4) is 0 Å². The van der Waals surface area contributed by atoms with Gasteiger partial charge >= 0.3 is 0 Å². The summed E-state index contributed by atoms with van der Waals surface area (Å²) < 4.78 is 0. The van der Waals surface area contributed by atoms with E-state index in [0.29, 0.717) is 17.3 Å². The molecule has 25 heavy (non-hydrogen) atoms. The third kappa shape index (κ3) is 6.12. The van der Waals surface area contributed by atoms with Gasteiger partial charge in [0.2, 0.25) is 11.8 Å². The van der Waals surface area contributed by atoms with Crippen LogP contribution >= 0.6 is 22.9 Å². The van der Waals surface area contributed by atoms with Gasteiger partial charge in [0.05, 0.1) is 28.8 Å². The average Bonchev–Trinajstić information content (AvgIpc) is 2.94. The number of thiazole rings is 1. The summed E-state index contributed by atoms with van der Waals surface area (Å²) in [5.41, 5.74) is 0.535. The molecule has 0 spiro atoms. The number of halogens is 1. The maximum Gasteiger partial charge on any atom is 0.244 e. The number of anilines is 1. The Kier molecular flexibility index (Phi) is 6.92. The predicted octanol–water partition coefficient (Wildman–Crippen LogP) is 2.63. The van der Waals surface area contributed by atoms with Gasteiger partial charge in [-0.05, 0) is 26.1 Å². The van der Waals surface area contributed by atoms with E-state index < -0.39 is 0 Å². The Morgan fingerprint density at radius 3 is 2.60 bits per heavy atom. The number of benzene rings is 1. The highest BCUT2D eigenvalue weighted by atomic mass is 35.5. The quantitative estimate of drug-likeness (QED) is 0.801. The zero-order valence-electron chi connectivity index (χ0n) is 14.5. The van der Waals surface area contributed by atoms with Crippen molar-refractivity contribution in [2.24, 2.45) is 0 Å². The number of aryl methyl sites for hydroxylation is 1. The Balaban J connectivity index is 1.81. The van der Waals surface area contributed by atoms with Crippen molar-refractivity contribution in [1.29, 1.82) is 0 Å². The first kappa shape index (κ1) is 19.4. The molecule has 1 aromatic carbocycles. The van der Waals surface area contributed by atoms with Gasteiger partial charge < -0.3 is 10.2 Å². The van der Waals surface area contributed by atoms with Gasteiger partial charge in [-0.2, -0.15) is 0 Å². The molecule has 0 atom stereocenters. The van der Waals surface area contributed by atoms with Crippen molar-refractivity contribution in [3.05, 3.63) is 45.4 Å². The summed E-state index contributed by atoms with van der Waals surface area (Å²) in [5, 5.41) is 4.17. The number of nitrogens with zero attached hydrogens (tertiary/aromatic N) is 3. The van der Waals surface area contributed by atoms with E-state index in [1.807, 2.05) is 25.1 Å². The van der Waals surface area contributed by atoms with Gasteiger partial charge in [-0.1, -0.05) is 23.7 Å². The molecule has 0 unspecified atom stereocenters. The van der Waals surface area contributed by atoms with E-state index in [4.69, 9.17) is 11.6 Å². The van der Waals surface area contributed by atoms with Crippen LogP contribution in [0.4, 0.5) is 5.69 Å². The summed E-state index contributed by atoms with van der Waals surface area (Å²) in [6, 6.07) is 6.98. The molecule has 134 valence electrons. The Hall–Kier alpha value is -1.96. The lowest BCUT2D eigenvalue weighted by Crippen LogP contribution is -2.40. The van der Waals surface area contributed by atoms with Crippen LogP contribution in [0.15, 0.2) is 30.5 Å². The van der Waals surface area contributed by atoms with Gasteiger partial charge in [0.15, 0.2) is 0 Å². The molecule has 1 heterocycles. The number of carbonyl (C=O) groups is 2. The fourth-order valence-corrected chi connectivity index (χ4v) is 3.27. The Labute approximate surface area is 156 Å². The molecule has 0 saturated heterocycles. The molecular formula is C17H21ClN4O2S. The minimum absolute atomic E-state index is 0.0302. The van der Waals surface area contributed by atoms with Crippen LogP contribution < -0.4 is 5.32 Å². The first-order chi connectivity index (χ1) is 11.8. The molecule has 0 radical (unpaired) electrons. The highest BCUT2D eigenvalue weighted by Crippen LogP contribution is 2.20. The lowest BCUT2D eigenvalue weighted by atomic mass is 10.3. The van der Waals surface area contributed by atoms with Crippen LogP contribution in [0.1, 0.15) is 9.88 Å². The molecular weight excluding hydrogens is 360 g/mol. The summed E-state index contributed by atoms with van der Waals surface area (Å²) >= 11 is 7.62. The topological polar surface area (TPSA) is 65.5 Å². The maximum absolute atomic E-state index is 12.3. The molecule has 2 rings (SSSR count). The number of hydrogen-bond donors (Lipinski definition) is 1. The van der Waals surface area contributed by atoms with Crippen molar-refractivity contribution in [1.82, 2.24) is 14.8 Å². The van der Waals surface area contributed by atoms with Crippen molar-refractivity contribution in [2.75, 3.05) is 32.5 Å². The summed E-state index contributed by atoms with van der Waals surface area (Å²) in [5.74, 6) is -0.414. The Morgan fingerprint density at radius 2 is 1.96 bits per heavy atom. The maximum atomic E-state index is 12.3. The molecule has 1 aromatic heterocycles. The van der Waals surface area contributed by atoms with Gasteiger partial charge in [0.25, 0.3) is 0 Å². The van der Waals surface area contributed by atoms with E-state index in [0.717, 1.165) is 9.88 Å². The molecule has 1 N–H and O–H groups in total.